The van der Waals surface area contributed by atoms with E-state index in [1.165, 1.54) is 36.8 Å². The Hall–Kier alpha value is -1.02. The molecule has 1 atom stereocenters. The molecule has 92 valence electrons. The van der Waals surface area contributed by atoms with Crippen LogP contribution in [0.25, 0.3) is 0 Å². The summed E-state index contributed by atoms with van der Waals surface area (Å²) in [5, 5.41) is 0. The lowest BCUT2D eigenvalue weighted by molar-refractivity contribution is 0.179. The van der Waals surface area contributed by atoms with Gasteiger partial charge in [-0.15, -0.1) is 0 Å². The Morgan fingerprint density at radius 2 is 2.06 bits per heavy atom. The van der Waals surface area contributed by atoms with E-state index in [2.05, 4.69) is 18.2 Å². The molecule has 0 bridgehead atoms. The predicted molar refractivity (Wildman–Crippen MR) is 69.1 cm³/mol. The molecular formula is C15H21NO. The molecule has 0 heterocycles. The van der Waals surface area contributed by atoms with Crippen LogP contribution in [0.15, 0.2) is 18.2 Å². The van der Waals surface area contributed by atoms with Gasteiger partial charge in [-0.25, -0.2) is 0 Å². The molecule has 1 aromatic carbocycles. The first kappa shape index (κ1) is 11.1. The molecule has 2 aliphatic rings. The molecule has 2 N–H and O–H groups in total. The third-order valence-corrected chi connectivity index (χ3v) is 4.21. The van der Waals surface area contributed by atoms with Gasteiger partial charge in [0.15, 0.2) is 0 Å². The standard InChI is InChI=1S/C15H21NO/c16-14-8-2-7-13-12(14)6-3-9-15(13)17-10-11-4-1-5-11/h3,6,9,11,14H,1-2,4-5,7-8,10,16H2. The van der Waals surface area contributed by atoms with Crippen molar-refractivity contribution in [1.29, 1.82) is 0 Å². The lowest BCUT2D eigenvalue weighted by Gasteiger charge is -2.28. The van der Waals surface area contributed by atoms with Crippen LogP contribution >= 0.6 is 0 Å². The molecule has 2 aliphatic carbocycles. The summed E-state index contributed by atoms with van der Waals surface area (Å²) in [7, 11) is 0. The van der Waals surface area contributed by atoms with E-state index in [0.717, 1.165) is 31.1 Å². The van der Waals surface area contributed by atoms with E-state index in [9.17, 15) is 0 Å². The van der Waals surface area contributed by atoms with Gasteiger partial charge in [-0.2, -0.15) is 0 Å². The van der Waals surface area contributed by atoms with Crippen molar-refractivity contribution in [2.75, 3.05) is 6.61 Å². The summed E-state index contributed by atoms with van der Waals surface area (Å²) >= 11 is 0. The molecule has 3 rings (SSSR count). The van der Waals surface area contributed by atoms with Gasteiger partial charge < -0.3 is 10.5 Å². The third-order valence-electron chi connectivity index (χ3n) is 4.21. The molecule has 2 heteroatoms. The second-order valence-corrected chi connectivity index (χ2v) is 5.43. The molecule has 1 unspecified atom stereocenters. The maximum absolute atomic E-state index is 6.15. The van der Waals surface area contributed by atoms with Crippen molar-refractivity contribution in [1.82, 2.24) is 0 Å². The maximum atomic E-state index is 6.15. The van der Waals surface area contributed by atoms with Crippen LogP contribution in [0.3, 0.4) is 0 Å². The Bertz CT molecular complexity index is 398. The van der Waals surface area contributed by atoms with E-state index >= 15 is 0 Å². The molecule has 0 radical (unpaired) electrons. The summed E-state index contributed by atoms with van der Waals surface area (Å²) in [5.74, 6) is 1.88. The van der Waals surface area contributed by atoms with Crippen LogP contribution in [-0.4, -0.2) is 6.61 Å². The number of nitrogens with two attached hydrogens (primary N) is 1. The van der Waals surface area contributed by atoms with Crippen LogP contribution in [-0.2, 0) is 6.42 Å². The van der Waals surface area contributed by atoms with Crippen LogP contribution in [0, 0.1) is 5.92 Å². The summed E-state index contributed by atoms with van der Waals surface area (Å²) in [5.41, 5.74) is 8.83. The molecule has 2 nitrogen and oxygen atoms in total. The molecule has 0 saturated heterocycles. The van der Waals surface area contributed by atoms with Crippen molar-refractivity contribution >= 4 is 0 Å². The molecule has 0 aliphatic heterocycles. The molecule has 1 fully saturated rings. The maximum Gasteiger partial charge on any atom is 0.122 e. The van der Waals surface area contributed by atoms with Gasteiger partial charge in [0.25, 0.3) is 0 Å². The molecule has 1 aromatic rings. The fourth-order valence-corrected chi connectivity index (χ4v) is 2.85. The third kappa shape index (κ3) is 2.19. The fourth-order valence-electron chi connectivity index (χ4n) is 2.85. The predicted octanol–water partition coefficient (Wildman–Crippen LogP) is 3.20. The largest absolute Gasteiger partial charge is 0.493 e. The smallest absolute Gasteiger partial charge is 0.122 e. The lowest BCUT2D eigenvalue weighted by atomic mass is 9.86. The van der Waals surface area contributed by atoms with Crippen molar-refractivity contribution in [3.05, 3.63) is 29.3 Å². The minimum Gasteiger partial charge on any atom is -0.493 e. The van der Waals surface area contributed by atoms with E-state index in [0.29, 0.717) is 0 Å². The number of benzene rings is 1. The summed E-state index contributed by atoms with van der Waals surface area (Å²) in [6.45, 7) is 0.895. The lowest BCUT2D eigenvalue weighted by Crippen LogP contribution is -2.21. The van der Waals surface area contributed by atoms with Gasteiger partial charge in [0.1, 0.15) is 5.75 Å². The quantitative estimate of drug-likeness (QED) is 0.867. The first-order valence-electron chi connectivity index (χ1n) is 6.85. The average molecular weight is 231 g/mol. The normalized spacial score (nSPS) is 23.9. The van der Waals surface area contributed by atoms with Crippen LogP contribution in [0.5, 0.6) is 5.75 Å². The highest BCUT2D eigenvalue weighted by Gasteiger charge is 2.22. The van der Waals surface area contributed by atoms with Gasteiger partial charge in [-0.3, -0.25) is 0 Å². The summed E-state index contributed by atoms with van der Waals surface area (Å²) < 4.78 is 6.00. The zero-order valence-corrected chi connectivity index (χ0v) is 10.3. The SMILES string of the molecule is NC1CCCc2c(OCC3CCC3)cccc21. The summed E-state index contributed by atoms with van der Waals surface area (Å²) in [4.78, 5) is 0. The molecular weight excluding hydrogens is 210 g/mol. The number of ether oxygens (including phenoxy) is 1. The van der Waals surface area contributed by atoms with Crippen molar-refractivity contribution in [2.45, 2.75) is 44.6 Å². The topological polar surface area (TPSA) is 35.2 Å². The Morgan fingerprint density at radius 1 is 1.18 bits per heavy atom. The van der Waals surface area contributed by atoms with E-state index in [-0.39, 0.29) is 6.04 Å². The number of hydrogen-bond donors (Lipinski definition) is 1. The Morgan fingerprint density at radius 3 is 2.82 bits per heavy atom. The number of hydrogen-bond acceptors (Lipinski definition) is 2. The van der Waals surface area contributed by atoms with Crippen molar-refractivity contribution in [2.24, 2.45) is 11.7 Å². The minimum atomic E-state index is 0.214. The Kier molecular flexibility index (Phi) is 3.06. The van der Waals surface area contributed by atoms with E-state index in [1.807, 2.05) is 0 Å². The van der Waals surface area contributed by atoms with Crippen LogP contribution in [0.1, 0.15) is 49.3 Å². The molecule has 1 saturated carbocycles. The van der Waals surface area contributed by atoms with Gasteiger partial charge in [0, 0.05) is 6.04 Å². The second-order valence-electron chi connectivity index (χ2n) is 5.43. The Balaban J connectivity index is 1.76. The zero-order chi connectivity index (χ0) is 11.7. The van der Waals surface area contributed by atoms with Crippen molar-refractivity contribution in [3.63, 3.8) is 0 Å². The van der Waals surface area contributed by atoms with Crippen molar-refractivity contribution in [3.8, 4) is 5.75 Å². The van der Waals surface area contributed by atoms with Gasteiger partial charge in [0.05, 0.1) is 6.61 Å². The second kappa shape index (κ2) is 4.69. The Labute approximate surface area is 103 Å². The van der Waals surface area contributed by atoms with Gasteiger partial charge in [-0.1, -0.05) is 18.6 Å². The molecule has 0 spiro atoms. The van der Waals surface area contributed by atoms with Crippen LogP contribution < -0.4 is 10.5 Å². The van der Waals surface area contributed by atoms with Gasteiger partial charge in [0.2, 0.25) is 0 Å². The van der Waals surface area contributed by atoms with E-state index in [4.69, 9.17) is 10.5 Å². The van der Waals surface area contributed by atoms with Crippen molar-refractivity contribution < 1.29 is 4.74 Å². The van der Waals surface area contributed by atoms with Gasteiger partial charge >= 0.3 is 0 Å². The highest BCUT2D eigenvalue weighted by Crippen LogP contribution is 2.35. The monoisotopic (exact) mass is 231 g/mol. The number of fused-ring (bicyclic) bond motifs is 1. The first-order chi connectivity index (χ1) is 8.34. The first-order valence-corrected chi connectivity index (χ1v) is 6.85. The van der Waals surface area contributed by atoms with Crippen LogP contribution in [0.2, 0.25) is 0 Å². The minimum absolute atomic E-state index is 0.214. The molecule has 17 heavy (non-hydrogen) atoms. The summed E-state index contributed by atoms with van der Waals surface area (Å²) in [6.07, 6.45) is 7.50. The van der Waals surface area contributed by atoms with E-state index < -0.39 is 0 Å². The van der Waals surface area contributed by atoms with Crippen LogP contribution in [0.4, 0.5) is 0 Å². The molecule has 0 aromatic heterocycles. The number of rotatable bonds is 3. The van der Waals surface area contributed by atoms with E-state index in [1.54, 1.807) is 0 Å². The zero-order valence-electron chi connectivity index (χ0n) is 10.3. The fraction of sp³-hybridized carbons (Fsp3) is 0.600. The highest BCUT2D eigenvalue weighted by atomic mass is 16.5. The molecule has 0 amide bonds. The van der Waals surface area contributed by atoms with Gasteiger partial charge in [-0.05, 0) is 55.2 Å². The average Bonchev–Trinajstić information content (AvgIpc) is 2.28. The highest BCUT2D eigenvalue weighted by molar-refractivity contribution is 5.43. The summed E-state index contributed by atoms with van der Waals surface area (Å²) in [6, 6.07) is 6.57.